The van der Waals surface area contributed by atoms with Crippen molar-refractivity contribution in [3.8, 4) is 6.07 Å². The number of aromatic nitrogens is 2. The first kappa shape index (κ1) is 21.2. The Morgan fingerprint density at radius 2 is 2.12 bits per heavy atom. The van der Waals surface area contributed by atoms with Gasteiger partial charge in [0.25, 0.3) is 0 Å². The maximum Gasteiger partial charge on any atom is 0.350 e. The third-order valence-electron chi connectivity index (χ3n) is 2.95. The summed E-state index contributed by atoms with van der Waals surface area (Å²) in [5.74, 6) is -0.784. The average Bonchev–Trinajstić information content (AvgIpc) is 3.04. The second kappa shape index (κ2) is 10.9. The predicted molar refractivity (Wildman–Crippen MR) is 94.0 cm³/mol. The molecule has 1 heterocycles. The van der Waals surface area contributed by atoms with E-state index in [1.165, 1.54) is 17.6 Å². The summed E-state index contributed by atoms with van der Waals surface area (Å²) in [6.07, 6.45) is 1.53. The van der Waals surface area contributed by atoms with Gasteiger partial charge in [0.05, 0.1) is 24.0 Å². The summed E-state index contributed by atoms with van der Waals surface area (Å²) >= 11 is 1.22. The van der Waals surface area contributed by atoms with Gasteiger partial charge in [-0.2, -0.15) is 5.26 Å². The van der Waals surface area contributed by atoms with Gasteiger partial charge < -0.3 is 14.8 Å². The van der Waals surface area contributed by atoms with Crippen LogP contribution in [0.2, 0.25) is 0 Å². The molecule has 1 N–H and O–H groups in total. The van der Waals surface area contributed by atoms with Crippen molar-refractivity contribution in [3.63, 3.8) is 0 Å². The molecule has 0 saturated heterocycles. The van der Waals surface area contributed by atoms with Gasteiger partial charge in [0, 0.05) is 18.6 Å². The number of carbonyl (C=O) groups is 1. The van der Waals surface area contributed by atoms with E-state index in [0.29, 0.717) is 21.7 Å². The van der Waals surface area contributed by atoms with Gasteiger partial charge in [-0.15, -0.1) is 10.2 Å². The fraction of sp³-hybridized carbons (Fsp3) is 0.600. The Kier molecular flexibility index (Phi) is 9.26. The largest absolute Gasteiger partial charge is 0.459 e. The van der Waals surface area contributed by atoms with E-state index in [2.05, 4.69) is 15.5 Å². The molecular weight excluding hydrogens is 364 g/mol. The maximum atomic E-state index is 12.1. The normalized spacial score (nSPS) is 13.1. The molecule has 0 fully saturated rings. The van der Waals surface area contributed by atoms with Crippen molar-refractivity contribution in [3.05, 3.63) is 16.3 Å². The lowest BCUT2D eigenvalue weighted by Gasteiger charge is -2.15. The van der Waals surface area contributed by atoms with E-state index in [9.17, 15) is 14.3 Å². The van der Waals surface area contributed by atoms with E-state index in [1.54, 1.807) is 0 Å². The molecular formula is C15H22N4O4S2. The third kappa shape index (κ3) is 6.89. The molecule has 1 aromatic heterocycles. The molecule has 0 amide bonds. The number of ether oxygens (including phenoxy) is 2. The Balaban J connectivity index is 2.82. The first-order valence-corrected chi connectivity index (χ1v) is 10.1. The van der Waals surface area contributed by atoms with Crippen LogP contribution in [0.15, 0.2) is 15.6 Å². The number of nitrogens with zero attached hydrogens (tertiary/aromatic N) is 3. The standard InChI is InChI=1S/C15H22N4O4S2/c1-5-22-6-7-23-14(20)11(8-16)13(10(2)3)17-9-12-18-19-15(24-12)25(4)21/h10,17H,5-7,9H2,1-4H3/b13-11+. The van der Waals surface area contributed by atoms with Crippen LogP contribution < -0.4 is 5.32 Å². The number of hydrogen-bond donors (Lipinski definition) is 1. The molecule has 0 radical (unpaired) electrons. The number of nitrogens with one attached hydrogen (secondary N) is 1. The van der Waals surface area contributed by atoms with E-state index < -0.39 is 16.8 Å². The average molecular weight is 386 g/mol. The molecule has 0 aromatic carbocycles. The van der Waals surface area contributed by atoms with Gasteiger partial charge in [-0.05, 0) is 12.8 Å². The van der Waals surface area contributed by atoms with Crippen LogP contribution in [0.1, 0.15) is 25.8 Å². The molecule has 1 unspecified atom stereocenters. The van der Waals surface area contributed by atoms with E-state index in [1.807, 2.05) is 26.8 Å². The third-order valence-corrected chi connectivity index (χ3v) is 5.20. The minimum Gasteiger partial charge on any atom is -0.459 e. The van der Waals surface area contributed by atoms with Crippen molar-refractivity contribution >= 4 is 28.1 Å². The zero-order chi connectivity index (χ0) is 18.8. The fourth-order valence-corrected chi connectivity index (χ4v) is 3.23. The molecule has 138 valence electrons. The maximum absolute atomic E-state index is 12.1. The van der Waals surface area contributed by atoms with Crippen LogP contribution in [0.25, 0.3) is 0 Å². The zero-order valence-electron chi connectivity index (χ0n) is 14.7. The number of hydrogen-bond acceptors (Lipinski definition) is 9. The molecule has 1 atom stereocenters. The second-order valence-electron chi connectivity index (χ2n) is 5.16. The highest BCUT2D eigenvalue weighted by Gasteiger charge is 2.20. The molecule has 10 heteroatoms. The van der Waals surface area contributed by atoms with Gasteiger partial charge in [-0.25, -0.2) is 4.79 Å². The Labute approximate surface area is 153 Å². The second-order valence-corrected chi connectivity index (χ2v) is 7.77. The highest BCUT2D eigenvalue weighted by Crippen LogP contribution is 2.17. The van der Waals surface area contributed by atoms with Gasteiger partial charge in [0.2, 0.25) is 4.34 Å². The molecule has 0 spiro atoms. The minimum absolute atomic E-state index is 0.0738. The molecule has 1 rings (SSSR count). The Morgan fingerprint density at radius 3 is 2.64 bits per heavy atom. The number of allylic oxidation sites excluding steroid dienone is 1. The van der Waals surface area contributed by atoms with Crippen LogP contribution in [0.4, 0.5) is 0 Å². The van der Waals surface area contributed by atoms with Crippen molar-refractivity contribution in [2.24, 2.45) is 5.92 Å². The summed E-state index contributed by atoms with van der Waals surface area (Å²) in [6, 6.07) is 1.90. The lowest BCUT2D eigenvalue weighted by molar-refractivity contribution is -0.140. The molecule has 0 aliphatic rings. The topological polar surface area (TPSA) is 114 Å². The Morgan fingerprint density at radius 1 is 1.40 bits per heavy atom. The van der Waals surface area contributed by atoms with Crippen LogP contribution in [0.3, 0.4) is 0 Å². The first-order chi connectivity index (χ1) is 11.9. The van der Waals surface area contributed by atoms with Gasteiger partial charge in [-0.3, -0.25) is 4.21 Å². The number of esters is 1. The summed E-state index contributed by atoms with van der Waals surface area (Å²) in [5, 5.41) is 20.8. The van der Waals surface area contributed by atoms with Crippen LogP contribution in [0.5, 0.6) is 0 Å². The monoisotopic (exact) mass is 386 g/mol. The van der Waals surface area contributed by atoms with E-state index >= 15 is 0 Å². The highest BCUT2D eigenvalue weighted by molar-refractivity contribution is 7.86. The quantitative estimate of drug-likeness (QED) is 0.278. The van der Waals surface area contributed by atoms with Gasteiger partial charge in [0.15, 0.2) is 5.57 Å². The van der Waals surface area contributed by atoms with Gasteiger partial charge >= 0.3 is 5.97 Å². The first-order valence-electron chi connectivity index (χ1n) is 7.69. The van der Waals surface area contributed by atoms with Crippen molar-refractivity contribution < 1.29 is 18.5 Å². The van der Waals surface area contributed by atoms with E-state index in [0.717, 1.165) is 0 Å². The fourth-order valence-electron chi connectivity index (χ4n) is 1.80. The predicted octanol–water partition coefficient (Wildman–Crippen LogP) is 1.38. The molecule has 0 aliphatic carbocycles. The summed E-state index contributed by atoms with van der Waals surface area (Å²) in [5.41, 5.74) is 0.397. The van der Waals surface area contributed by atoms with Gasteiger partial charge in [-0.1, -0.05) is 25.2 Å². The van der Waals surface area contributed by atoms with Crippen LogP contribution in [-0.2, 0) is 31.6 Å². The van der Waals surface area contributed by atoms with Crippen molar-refractivity contribution in [1.82, 2.24) is 15.5 Å². The number of carbonyl (C=O) groups excluding carboxylic acids is 1. The van der Waals surface area contributed by atoms with Gasteiger partial charge in [0.1, 0.15) is 17.7 Å². The van der Waals surface area contributed by atoms with E-state index in [4.69, 9.17) is 9.47 Å². The molecule has 0 bridgehead atoms. The zero-order valence-corrected chi connectivity index (χ0v) is 16.3. The molecule has 8 nitrogen and oxygen atoms in total. The van der Waals surface area contributed by atoms with Crippen molar-refractivity contribution in [2.45, 2.75) is 31.7 Å². The Bertz CT molecular complexity index is 679. The highest BCUT2D eigenvalue weighted by atomic mass is 32.2. The molecule has 1 aromatic rings. The molecule has 0 aliphatic heterocycles. The SMILES string of the molecule is CCOCCOC(=O)/C(C#N)=C(/NCc1nnc(S(C)=O)s1)C(C)C. The number of rotatable bonds is 10. The van der Waals surface area contributed by atoms with Crippen LogP contribution in [0, 0.1) is 17.2 Å². The van der Waals surface area contributed by atoms with Crippen molar-refractivity contribution in [1.29, 1.82) is 5.26 Å². The minimum atomic E-state index is -1.19. The summed E-state index contributed by atoms with van der Waals surface area (Å²) < 4.78 is 22.0. The summed E-state index contributed by atoms with van der Waals surface area (Å²) in [6.45, 7) is 6.75. The lowest BCUT2D eigenvalue weighted by Crippen LogP contribution is -2.23. The number of nitriles is 1. The van der Waals surface area contributed by atoms with Crippen LogP contribution >= 0.6 is 11.3 Å². The van der Waals surface area contributed by atoms with E-state index in [-0.39, 0.29) is 31.2 Å². The lowest BCUT2D eigenvalue weighted by atomic mass is 10.0. The van der Waals surface area contributed by atoms with Crippen LogP contribution in [-0.4, -0.2) is 46.5 Å². The molecule has 0 saturated carbocycles. The Hall–Kier alpha value is -1.83. The summed E-state index contributed by atoms with van der Waals surface area (Å²) in [4.78, 5) is 12.1. The smallest absolute Gasteiger partial charge is 0.350 e. The molecule has 25 heavy (non-hydrogen) atoms. The van der Waals surface area contributed by atoms with Crippen molar-refractivity contribution in [2.75, 3.05) is 26.1 Å². The summed E-state index contributed by atoms with van der Waals surface area (Å²) in [7, 11) is -1.19.